The highest BCUT2D eigenvalue weighted by molar-refractivity contribution is 7.15. The van der Waals surface area contributed by atoms with Gasteiger partial charge in [0, 0.05) is 6.42 Å². The summed E-state index contributed by atoms with van der Waals surface area (Å²) >= 11 is 1.39. The molecule has 0 saturated heterocycles. The van der Waals surface area contributed by atoms with Crippen molar-refractivity contribution in [1.82, 2.24) is 15.5 Å². The van der Waals surface area contributed by atoms with Crippen LogP contribution in [0, 0.1) is 0 Å². The normalized spacial score (nSPS) is 12.2. The topological polar surface area (TPSA) is 87.1 Å². The molecule has 1 rings (SSSR count). The van der Waals surface area contributed by atoms with E-state index in [9.17, 15) is 4.79 Å². The number of anilines is 1. The summed E-state index contributed by atoms with van der Waals surface area (Å²) in [4.78, 5) is 11.5. The molecule has 0 bridgehead atoms. The lowest BCUT2D eigenvalue weighted by Crippen LogP contribution is -2.38. The molecule has 0 unspecified atom stereocenters. The number of aliphatic hydroxyl groups excluding tert-OH is 1. The molecule has 1 atom stereocenters. The Bertz CT molecular complexity index is 370. The number of aromatic nitrogens is 2. The maximum atomic E-state index is 11.5. The van der Waals surface area contributed by atoms with Gasteiger partial charge in [-0.3, -0.25) is 5.32 Å². The third-order valence-corrected chi connectivity index (χ3v) is 3.23. The molecule has 0 radical (unpaired) electrons. The fraction of sp³-hybridized carbons (Fsp3) is 0.727. The summed E-state index contributed by atoms with van der Waals surface area (Å²) in [6.07, 6.45) is 4.35. The average molecular weight is 272 g/mol. The van der Waals surface area contributed by atoms with E-state index in [1.54, 1.807) is 6.92 Å². The standard InChI is InChI=1S/C11H20N4O2S/c1-3-4-5-6-9-14-15-11(18-9)13-10(17)12-8(2)7-16/h8,16H,3-7H2,1-2H3,(H2,12,13,15,17)/t8-/m0/s1. The van der Waals surface area contributed by atoms with Crippen LogP contribution in [-0.2, 0) is 6.42 Å². The highest BCUT2D eigenvalue weighted by Gasteiger charge is 2.09. The van der Waals surface area contributed by atoms with Crippen molar-refractivity contribution in [2.45, 2.75) is 45.6 Å². The second kappa shape index (κ2) is 7.99. The van der Waals surface area contributed by atoms with Gasteiger partial charge < -0.3 is 10.4 Å². The van der Waals surface area contributed by atoms with Gasteiger partial charge in [0.1, 0.15) is 5.01 Å². The Balaban J connectivity index is 2.36. The number of aliphatic hydroxyl groups is 1. The minimum atomic E-state index is -0.368. The van der Waals surface area contributed by atoms with Crippen LogP contribution in [-0.4, -0.2) is 34.0 Å². The molecule has 0 aliphatic rings. The van der Waals surface area contributed by atoms with Gasteiger partial charge in [0.15, 0.2) is 0 Å². The van der Waals surface area contributed by atoms with E-state index in [1.165, 1.54) is 24.2 Å². The van der Waals surface area contributed by atoms with Crippen LogP contribution in [0.15, 0.2) is 0 Å². The van der Waals surface area contributed by atoms with Crippen molar-refractivity contribution in [2.75, 3.05) is 11.9 Å². The van der Waals surface area contributed by atoms with E-state index < -0.39 is 0 Å². The zero-order valence-corrected chi connectivity index (χ0v) is 11.6. The van der Waals surface area contributed by atoms with Crippen LogP contribution in [0.5, 0.6) is 0 Å². The summed E-state index contributed by atoms with van der Waals surface area (Å²) in [5, 5.41) is 23.3. The Kier molecular flexibility index (Phi) is 6.59. The fourth-order valence-corrected chi connectivity index (χ4v) is 2.11. The van der Waals surface area contributed by atoms with Crippen LogP contribution < -0.4 is 10.6 Å². The molecule has 3 N–H and O–H groups in total. The molecule has 0 spiro atoms. The lowest BCUT2D eigenvalue weighted by molar-refractivity contribution is 0.229. The molecule has 1 aromatic heterocycles. The Hall–Kier alpha value is -1.21. The number of nitrogens with zero attached hydrogens (tertiary/aromatic N) is 2. The molecule has 0 aliphatic carbocycles. The maximum absolute atomic E-state index is 11.5. The Morgan fingerprint density at radius 2 is 2.22 bits per heavy atom. The number of unbranched alkanes of at least 4 members (excludes halogenated alkanes) is 2. The Labute approximate surface area is 111 Å². The van der Waals surface area contributed by atoms with E-state index in [0.29, 0.717) is 5.13 Å². The summed E-state index contributed by atoms with van der Waals surface area (Å²) in [6.45, 7) is 3.78. The molecule has 0 aliphatic heterocycles. The third-order valence-electron chi connectivity index (χ3n) is 2.33. The molecule has 1 aromatic rings. The lowest BCUT2D eigenvalue weighted by Gasteiger charge is -2.09. The van der Waals surface area contributed by atoms with Crippen LogP contribution >= 0.6 is 11.3 Å². The maximum Gasteiger partial charge on any atom is 0.321 e. The molecular weight excluding hydrogens is 252 g/mol. The number of hydrogen-bond acceptors (Lipinski definition) is 5. The number of aryl methyl sites for hydroxylation is 1. The molecule has 6 nitrogen and oxygen atoms in total. The monoisotopic (exact) mass is 272 g/mol. The van der Waals surface area contributed by atoms with E-state index in [-0.39, 0.29) is 18.7 Å². The predicted molar refractivity (Wildman–Crippen MR) is 71.8 cm³/mol. The molecule has 2 amide bonds. The minimum absolute atomic E-state index is 0.0915. The molecule has 0 fully saturated rings. The van der Waals surface area contributed by atoms with Gasteiger partial charge in [-0.15, -0.1) is 10.2 Å². The quantitative estimate of drug-likeness (QED) is 0.660. The SMILES string of the molecule is CCCCCc1nnc(NC(=O)N[C@@H](C)CO)s1. The van der Waals surface area contributed by atoms with Gasteiger partial charge in [0.25, 0.3) is 0 Å². The van der Waals surface area contributed by atoms with Gasteiger partial charge in [-0.05, 0) is 13.3 Å². The van der Waals surface area contributed by atoms with E-state index in [2.05, 4.69) is 27.8 Å². The number of hydrogen-bond donors (Lipinski definition) is 3. The van der Waals surface area contributed by atoms with Gasteiger partial charge in [0.2, 0.25) is 5.13 Å². The number of urea groups is 1. The van der Waals surface area contributed by atoms with Gasteiger partial charge >= 0.3 is 6.03 Å². The van der Waals surface area contributed by atoms with E-state index in [0.717, 1.165) is 17.8 Å². The average Bonchev–Trinajstić information content (AvgIpc) is 2.76. The van der Waals surface area contributed by atoms with Crippen LogP contribution in [0.3, 0.4) is 0 Å². The molecule has 0 aromatic carbocycles. The third kappa shape index (κ3) is 5.42. The molecule has 0 saturated carbocycles. The number of carbonyl (C=O) groups excluding carboxylic acids is 1. The highest BCUT2D eigenvalue weighted by Crippen LogP contribution is 2.17. The second-order valence-electron chi connectivity index (χ2n) is 4.14. The zero-order valence-electron chi connectivity index (χ0n) is 10.8. The van der Waals surface area contributed by atoms with Gasteiger partial charge in [-0.1, -0.05) is 31.1 Å². The first-order chi connectivity index (χ1) is 8.65. The van der Waals surface area contributed by atoms with Gasteiger partial charge in [-0.2, -0.15) is 0 Å². The lowest BCUT2D eigenvalue weighted by atomic mass is 10.2. The number of rotatable bonds is 7. The van der Waals surface area contributed by atoms with Crippen molar-refractivity contribution in [3.63, 3.8) is 0 Å². The van der Waals surface area contributed by atoms with Crippen LogP contribution in [0.2, 0.25) is 0 Å². The number of nitrogens with one attached hydrogen (secondary N) is 2. The van der Waals surface area contributed by atoms with Crippen molar-refractivity contribution in [1.29, 1.82) is 0 Å². The van der Waals surface area contributed by atoms with E-state index in [4.69, 9.17) is 5.11 Å². The van der Waals surface area contributed by atoms with Crippen molar-refractivity contribution in [3.05, 3.63) is 5.01 Å². The first kappa shape index (κ1) is 14.8. The van der Waals surface area contributed by atoms with Crippen molar-refractivity contribution in [2.24, 2.45) is 0 Å². The summed E-state index contributed by atoms with van der Waals surface area (Å²) < 4.78 is 0. The van der Waals surface area contributed by atoms with Crippen LogP contribution in [0.4, 0.5) is 9.93 Å². The molecular formula is C11H20N4O2S. The fourth-order valence-electron chi connectivity index (χ4n) is 1.33. The van der Waals surface area contributed by atoms with E-state index >= 15 is 0 Å². The van der Waals surface area contributed by atoms with Crippen molar-refractivity contribution in [3.8, 4) is 0 Å². The Morgan fingerprint density at radius 3 is 2.89 bits per heavy atom. The highest BCUT2D eigenvalue weighted by atomic mass is 32.1. The number of amides is 2. The predicted octanol–water partition coefficient (Wildman–Crippen LogP) is 1.77. The first-order valence-corrected chi connectivity index (χ1v) is 6.98. The largest absolute Gasteiger partial charge is 0.394 e. The summed E-state index contributed by atoms with van der Waals surface area (Å²) in [6, 6.07) is -0.644. The molecule has 18 heavy (non-hydrogen) atoms. The minimum Gasteiger partial charge on any atom is -0.394 e. The first-order valence-electron chi connectivity index (χ1n) is 6.16. The molecule has 1 heterocycles. The van der Waals surface area contributed by atoms with Crippen LogP contribution in [0.25, 0.3) is 0 Å². The zero-order chi connectivity index (χ0) is 13.4. The molecule has 7 heteroatoms. The molecule has 102 valence electrons. The van der Waals surface area contributed by atoms with Crippen LogP contribution in [0.1, 0.15) is 38.1 Å². The number of carbonyl (C=O) groups is 1. The van der Waals surface area contributed by atoms with Gasteiger partial charge in [0.05, 0.1) is 12.6 Å². The van der Waals surface area contributed by atoms with E-state index in [1.807, 2.05) is 0 Å². The summed E-state index contributed by atoms with van der Waals surface area (Å²) in [5.41, 5.74) is 0. The summed E-state index contributed by atoms with van der Waals surface area (Å²) in [7, 11) is 0. The van der Waals surface area contributed by atoms with Crippen molar-refractivity contribution >= 4 is 22.5 Å². The second-order valence-corrected chi connectivity index (χ2v) is 5.20. The smallest absolute Gasteiger partial charge is 0.321 e. The van der Waals surface area contributed by atoms with Gasteiger partial charge in [-0.25, -0.2) is 4.79 Å². The Morgan fingerprint density at radius 1 is 1.44 bits per heavy atom. The summed E-state index contributed by atoms with van der Waals surface area (Å²) in [5.74, 6) is 0. The van der Waals surface area contributed by atoms with Crippen molar-refractivity contribution < 1.29 is 9.90 Å².